The predicted molar refractivity (Wildman–Crippen MR) is 93.0 cm³/mol. The zero-order valence-electron chi connectivity index (χ0n) is 14.4. The highest BCUT2D eigenvalue weighted by molar-refractivity contribution is 8.00. The molecule has 0 N–H and O–H groups in total. The van der Waals surface area contributed by atoms with Crippen LogP contribution in [0.25, 0.3) is 5.69 Å². The lowest BCUT2D eigenvalue weighted by Crippen LogP contribution is -2.09. The Morgan fingerprint density at radius 3 is 2.14 bits per heavy atom. The topological polar surface area (TPSA) is 53.4 Å². The molecule has 2 aromatic rings. The Hall–Kier alpha value is -1.79. The highest BCUT2D eigenvalue weighted by Crippen LogP contribution is 2.46. The van der Waals surface area contributed by atoms with Gasteiger partial charge in [0.05, 0.1) is 29.3 Å². The molecule has 0 aliphatic rings. The number of carbonyl (C=O) groups is 1. The van der Waals surface area contributed by atoms with Gasteiger partial charge in [-0.25, -0.2) is 4.79 Å². The highest BCUT2D eigenvalue weighted by atomic mass is 35.5. The maximum absolute atomic E-state index is 13.0. The lowest BCUT2D eigenvalue weighted by atomic mass is 10.2. The number of hydrogen-bond donors (Lipinski definition) is 0. The molecule has 0 saturated heterocycles. The fourth-order valence-corrected chi connectivity index (χ4v) is 3.50. The minimum atomic E-state index is -4.84. The molecule has 0 amide bonds. The molecular weight excluding hydrogens is 473 g/mol. The van der Waals surface area contributed by atoms with Crippen molar-refractivity contribution in [3.63, 3.8) is 0 Å². The number of halogens is 8. The SMILES string of the molecule is CCOc1c(SC(F)(F)F)c(C(=O)OC)nn1-c1c(Cl)cc(C(F)(F)F)cc1Cl. The summed E-state index contributed by atoms with van der Waals surface area (Å²) in [5, 5.41) is 2.56. The summed E-state index contributed by atoms with van der Waals surface area (Å²) in [5.74, 6) is -1.81. The second-order valence-electron chi connectivity index (χ2n) is 5.15. The third kappa shape index (κ3) is 5.23. The molecule has 0 aliphatic heterocycles. The van der Waals surface area contributed by atoms with Crippen LogP contribution in [0, 0.1) is 0 Å². The van der Waals surface area contributed by atoms with E-state index in [0.717, 1.165) is 7.11 Å². The smallest absolute Gasteiger partial charge is 0.446 e. The van der Waals surface area contributed by atoms with Crippen LogP contribution in [0.15, 0.2) is 17.0 Å². The van der Waals surface area contributed by atoms with Gasteiger partial charge < -0.3 is 9.47 Å². The summed E-state index contributed by atoms with van der Waals surface area (Å²) in [5.41, 5.74) is -7.19. The summed E-state index contributed by atoms with van der Waals surface area (Å²) < 4.78 is 88.1. The van der Waals surface area contributed by atoms with Crippen molar-refractivity contribution in [2.24, 2.45) is 0 Å². The first kappa shape index (κ1) is 23.5. The van der Waals surface area contributed by atoms with Gasteiger partial charge in [0, 0.05) is 0 Å². The summed E-state index contributed by atoms with van der Waals surface area (Å²) >= 11 is 11.1. The molecule has 0 aliphatic carbocycles. The summed E-state index contributed by atoms with van der Waals surface area (Å²) in [6, 6.07) is 1.04. The van der Waals surface area contributed by atoms with E-state index in [2.05, 4.69) is 9.84 Å². The zero-order valence-corrected chi connectivity index (χ0v) is 16.7. The zero-order chi connectivity index (χ0) is 22.1. The van der Waals surface area contributed by atoms with Gasteiger partial charge in [-0.15, -0.1) is 0 Å². The van der Waals surface area contributed by atoms with E-state index in [1.54, 1.807) is 0 Å². The summed E-state index contributed by atoms with van der Waals surface area (Å²) in [6.07, 6.45) is -4.77. The molecule has 160 valence electrons. The molecule has 29 heavy (non-hydrogen) atoms. The number of hydrogen-bond acceptors (Lipinski definition) is 5. The first-order valence-electron chi connectivity index (χ1n) is 7.46. The third-order valence-corrected chi connectivity index (χ3v) is 4.62. The molecule has 0 spiro atoms. The maximum Gasteiger partial charge on any atom is 0.446 e. The number of alkyl halides is 6. The molecule has 0 fully saturated rings. The predicted octanol–water partition coefficient (Wildman–Crippen LogP) is 6.00. The number of carbonyl (C=O) groups excluding carboxylic acids is 1. The average Bonchev–Trinajstić information content (AvgIpc) is 2.90. The molecule has 0 saturated carbocycles. The van der Waals surface area contributed by atoms with Crippen molar-refractivity contribution >= 4 is 40.9 Å². The van der Waals surface area contributed by atoms with Gasteiger partial charge in [-0.1, -0.05) is 23.2 Å². The molecule has 1 aromatic heterocycles. The van der Waals surface area contributed by atoms with Crippen molar-refractivity contribution < 1.29 is 40.6 Å². The van der Waals surface area contributed by atoms with E-state index < -0.39 is 67.2 Å². The molecule has 0 radical (unpaired) electrons. The van der Waals surface area contributed by atoms with Crippen LogP contribution in [0.4, 0.5) is 26.3 Å². The van der Waals surface area contributed by atoms with Crippen molar-refractivity contribution in [2.75, 3.05) is 13.7 Å². The molecule has 0 atom stereocenters. The average molecular weight is 483 g/mol. The van der Waals surface area contributed by atoms with Gasteiger partial charge in [0.25, 0.3) is 0 Å². The monoisotopic (exact) mass is 482 g/mol. The van der Waals surface area contributed by atoms with Gasteiger partial charge >= 0.3 is 17.7 Å². The van der Waals surface area contributed by atoms with E-state index in [0.29, 0.717) is 16.8 Å². The summed E-state index contributed by atoms with van der Waals surface area (Å²) in [6.45, 7) is 1.28. The van der Waals surface area contributed by atoms with Gasteiger partial charge in [-0.3, -0.25) is 0 Å². The van der Waals surface area contributed by atoms with Crippen molar-refractivity contribution in [3.8, 4) is 11.6 Å². The van der Waals surface area contributed by atoms with Crippen LogP contribution in [0.5, 0.6) is 5.88 Å². The van der Waals surface area contributed by atoms with Crippen LogP contribution in [0.1, 0.15) is 23.0 Å². The Kier molecular flexibility index (Phi) is 6.90. The Balaban J connectivity index is 2.80. The fourth-order valence-electron chi connectivity index (χ4n) is 2.17. The van der Waals surface area contributed by atoms with Crippen LogP contribution in [-0.2, 0) is 10.9 Å². The van der Waals surface area contributed by atoms with E-state index in [1.807, 2.05) is 0 Å². The van der Waals surface area contributed by atoms with Crippen LogP contribution >= 0.6 is 35.0 Å². The molecule has 1 aromatic carbocycles. The van der Waals surface area contributed by atoms with Gasteiger partial charge in [0.1, 0.15) is 10.6 Å². The highest BCUT2D eigenvalue weighted by Gasteiger charge is 2.38. The molecule has 2 rings (SSSR count). The Morgan fingerprint density at radius 1 is 1.17 bits per heavy atom. The standard InChI is InChI=1S/C15H10Cl2F6N2O3S/c1-3-28-12-11(29-15(21,22)23)9(13(26)27-2)24-25(12)10-7(16)4-6(5-8(10)17)14(18,19)20/h4-5H,3H2,1-2H3. The molecule has 0 bridgehead atoms. The molecule has 5 nitrogen and oxygen atoms in total. The van der Waals surface area contributed by atoms with Crippen LogP contribution in [0.2, 0.25) is 10.0 Å². The maximum atomic E-state index is 13.0. The Labute approximate surface area is 173 Å². The molecule has 0 unspecified atom stereocenters. The normalized spacial score (nSPS) is 12.2. The number of methoxy groups -OCH3 is 1. The van der Waals surface area contributed by atoms with Crippen molar-refractivity contribution in [2.45, 2.75) is 23.5 Å². The number of rotatable bonds is 5. The largest absolute Gasteiger partial charge is 0.477 e. The molecular formula is C15H10Cl2F6N2O3S. The van der Waals surface area contributed by atoms with Gasteiger partial charge in [0.2, 0.25) is 5.88 Å². The van der Waals surface area contributed by atoms with Crippen LogP contribution in [-0.4, -0.2) is 35.0 Å². The van der Waals surface area contributed by atoms with Gasteiger partial charge in [-0.05, 0) is 30.8 Å². The number of nitrogens with zero attached hydrogens (tertiary/aromatic N) is 2. The number of ether oxygens (including phenoxy) is 2. The number of aromatic nitrogens is 2. The minimum Gasteiger partial charge on any atom is -0.477 e. The summed E-state index contributed by atoms with van der Waals surface area (Å²) in [4.78, 5) is 11.2. The quantitative estimate of drug-likeness (QED) is 0.297. The number of thioether (sulfide) groups is 1. The van der Waals surface area contributed by atoms with E-state index in [4.69, 9.17) is 27.9 Å². The second-order valence-corrected chi connectivity index (χ2v) is 7.04. The van der Waals surface area contributed by atoms with Crippen LogP contribution < -0.4 is 4.74 Å². The minimum absolute atomic E-state index is 0.159. The first-order chi connectivity index (χ1) is 13.3. The number of benzene rings is 1. The lowest BCUT2D eigenvalue weighted by Gasteiger charge is -2.15. The van der Waals surface area contributed by atoms with Crippen LogP contribution in [0.3, 0.4) is 0 Å². The van der Waals surface area contributed by atoms with E-state index in [-0.39, 0.29) is 6.61 Å². The van der Waals surface area contributed by atoms with Gasteiger partial charge in [0.15, 0.2) is 5.69 Å². The van der Waals surface area contributed by atoms with Crippen molar-refractivity contribution in [1.29, 1.82) is 0 Å². The summed E-state index contributed by atoms with van der Waals surface area (Å²) in [7, 11) is 0.918. The first-order valence-corrected chi connectivity index (χ1v) is 9.03. The lowest BCUT2D eigenvalue weighted by molar-refractivity contribution is -0.137. The molecule has 1 heterocycles. The second kappa shape index (κ2) is 8.52. The molecule has 14 heteroatoms. The van der Waals surface area contributed by atoms with E-state index in [9.17, 15) is 31.1 Å². The Morgan fingerprint density at radius 2 is 1.72 bits per heavy atom. The van der Waals surface area contributed by atoms with E-state index >= 15 is 0 Å². The third-order valence-electron chi connectivity index (χ3n) is 3.24. The Bertz CT molecular complexity index is 907. The fraction of sp³-hybridized carbons (Fsp3) is 0.333. The van der Waals surface area contributed by atoms with Crippen molar-refractivity contribution in [3.05, 3.63) is 33.4 Å². The van der Waals surface area contributed by atoms with Gasteiger partial charge in [-0.2, -0.15) is 36.1 Å². The number of esters is 1. The van der Waals surface area contributed by atoms with E-state index in [1.165, 1.54) is 6.92 Å². The van der Waals surface area contributed by atoms with Crippen molar-refractivity contribution in [1.82, 2.24) is 9.78 Å².